The lowest BCUT2D eigenvalue weighted by molar-refractivity contribution is 0.373. The second-order valence-electron chi connectivity index (χ2n) is 8.82. The first-order valence-corrected chi connectivity index (χ1v) is 11.4. The summed E-state index contributed by atoms with van der Waals surface area (Å²) in [7, 11) is 0. The van der Waals surface area contributed by atoms with Gasteiger partial charge in [-0.05, 0) is 61.3 Å². The molecule has 0 aliphatic heterocycles. The van der Waals surface area contributed by atoms with E-state index in [1.807, 2.05) is 12.3 Å². The topological polar surface area (TPSA) is 55.6 Å². The molecule has 0 amide bonds. The maximum Gasteiger partial charge on any atom is 0.253 e. The number of hydrogen-bond acceptors (Lipinski definition) is 4. The summed E-state index contributed by atoms with van der Waals surface area (Å²) >= 11 is 0. The monoisotopic (exact) mass is 389 g/mol. The molecule has 0 spiro atoms. The summed E-state index contributed by atoms with van der Waals surface area (Å²) in [6, 6.07) is 8.72. The molecular weight excluding hydrogens is 358 g/mol. The molecule has 1 N–H and O–H groups in total. The molecule has 29 heavy (non-hydrogen) atoms. The Morgan fingerprint density at radius 1 is 0.931 bits per heavy atom. The summed E-state index contributed by atoms with van der Waals surface area (Å²) in [5.74, 6) is 3.04. The fourth-order valence-corrected chi connectivity index (χ4v) is 5.08. The molecule has 2 aromatic heterocycles. The number of nitrogens with one attached hydrogen (secondary N) is 1. The lowest BCUT2D eigenvalue weighted by Gasteiger charge is -2.24. The molecule has 0 radical (unpaired) electrons. The van der Waals surface area contributed by atoms with Crippen molar-refractivity contribution >= 4 is 16.7 Å². The fraction of sp³-hybridized carbons (Fsp3) is 0.542. The van der Waals surface area contributed by atoms with E-state index >= 15 is 0 Å². The van der Waals surface area contributed by atoms with E-state index < -0.39 is 0 Å². The van der Waals surface area contributed by atoms with Crippen molar-refractivity contribution in [2.45, 2.75) is 70.1 Å². The van der Waals surface area contributed by atoms with Gasteiger partial charge in [-0.3, -0.25) is 0 Å². The van der Waals surface area contributed by atoms with Crippen LogP contribution in [-0.2, 0) is 0 Å². The van der Waals surface area contributed by atoms with E-state index in [1.165, 1.54) is 69.8 Å². The minimum atomic E-state index is 0.638. The van der Waals surface area contributed by atoms with E-state index in [2.05, 4.69) is 28.6 Å². The summed E-state index contributed by atoms with van der Waals surface area (Å²) in [6.45, 7) is 0.998. The largest absolute Gasteiger partial charge is 0.369 e. The lowest BCUT2D eigenvalue weighted by atomic mass is 9.84. The van der Waals surface area contributed by atoms with Gasteiger partial charge in [-0.15, -0.1) is 0 Å². The van der Waals surface area contributed by atoms with E-state index in [-0.39, 0.29) is 0 Å². The van der Waals surface area contributed by atoms with Crippen LogP contribution in [0.2, 0.25) is 0 Å². The third kappa shape index (κ3) is 4.14. The van der Waals surface area contributed by atoms with E-state index in [1.54, 1.807) is 10.9 Å². The SMILES string of the molecule is c1cnn(-c2nc(NCC3CCCCC3)c3cc(C4CCCCC4)ccc3n2)c1. The molecule has 5 rings (SSSR count). The molecule has 0 saturated heterocycles. The van der Waals surface area contributed by atoms with Crippen LogP contribution in [0, 0.1) is 5.92 Å². The highest BCUT2D eigenvalue weighted by molar-refractivity contribution is 5.90. The van der Waals surface area contributed by atoms with Gasteiger partial charge in [0.15, 0.2) is 0 Å². The van der Waals surface area contributed by atoms with Crippen molar-refractivity contribution < 1.29 is 0 Å². The van der Waals surface area contributed by atoms with Crippen LogP contribution in [0.5, 0.6) is 0 Å². The second kappa shape index (κ2) is 8.52. The maximum atomic E-state index is 4.89. The van der Waals surface area contributed by atoms with E-state index in [0.29, 0.717) is 11.9 Å². The fourth-order valence-electron chi connectivity index (χ4n) is 5.08. The van der Waals surface area contributed by atoms with E-state index in [0.717, 1.165) is 29.2 Å². The van der Waals surface area contributed by atoms with Crippen LogP contribution in [0.25, 0.3) is 16.9 Å². The predicted molar refractivity (Wildman–Crippen MR) is 118 cm³/mol. The summed E-state index contributed by atoms with van der Waals surface area (Å²) < 4.78 is 1.75. The maximum absolute atomic E-state index is 4.89. The minimum Gasteiger partial charge on any atom is -0.369 e. The minimum absolute atomic E-state index is 0.638. The van der Waals surface area contributed by atoms with Crippen molar-refractivity contribution in [3.8, 4) is 5.95 Å². The Kier molecular flexibility index (Phi) is 5.46. The Morgan fingerprint density at radius 2 is 1.72 bits per heavy atom. The Hall–Kier alpha value is -2.43. The van der Waals surface area contributed by atoms with E-state index in [4.69, 9.17) is 9.97 Å². The van der Waals surface area contributed by atoms with Crippen molar-refractivity contribution in [1.82, 2.24) is 19.7 Å². The molecule has 2 heterocycles. The Balaban J connectivity index is 1.49. The molecule has 152 valence electrons. The third-order valence-corrected chi connectivity index (χ3v) is 6.78. The van der Waals surface area contributed by atoms with Crippen molar-refractivity contribution in [3.05, 3.63) is 42.2 Å². The van der Waals surface area contributed by atoms with Crippen molar-refractivity contribution in [1.29, 1.82) is 0 Å². The zero-order chi connectivity index (χ0) is 19.5. The van der Waals surface area contributed by atoms with Crippen molar-refractivity contribution in [2.75, 3.05) is 11.9 Å². The Morgan fingerprint density at radius 3 is 2.48 bits per heavy atom. The number of anilines is 1. The van der Waals surface area contributed by atoms with Gasteiger partial charge in [0.05, 0.1) is 5.52 Å². The van der Waals surface area contributed by atoms with Gasteiger partial charge in [0.25, 0.3) is 5.95 Å². The highest BCUT2D eigenvalue weighted by Gasteiger charge is 2.19. The summed E-state index contributed by atoms with van der Waals surface area (Å²) in [6.07, 6.45) is 17.2. The van der Waals surface area contributed by atoms with Gasteiger partial charge in [0.2, 0.25) is 0 Å². The first-order chi connectivity index (χ1) is 14.4. The molecule has 2 aliphatic carbocycles. The number of aromatic nitrogens is 4. The van der Waals surface area contributed by atoms with Gasteiger partial charge in [0.1, 0.15) is 5.82 Å². The predicted octanol–water partition coefficient (Wildman–Crippen LogP) is 5.86. The molecule has 5 nitrogen and oxygen atoms in total. The standard InChI is InChI=1S/C24H31N5/c1-3-8-18(9-4-1)17-25-23-21-16-20(19-10-5-2-6-11-19)12-13-22(21)27-24(28-23)29-15-7-14-26-29/h7,12-16,18-19H,1-6,8-11,17H2,(H,25,27,28). The van der Waals surface area contributed by atoms with E-state index in [9.17, 15) is 0 Å². The Labute approximate surface area is 172 Å². The van der Waals surface area contributed by atoms with Crippen LogP contribution >= 0.6 is 0 Å². The molecule has 0 unspecified atom stereocenters. The van der Waals surface area contributed by atoms with Gasteiger partial charge in [-0.25, -0.2) is 9.67 Å². The average molecular weight is 390 g/mol. The van der Waals surface area contributed by atoms with Gasteiger partial charge in [-0.2, -0.15) is 10.1 Å². The number of rotatable bonds is 5. The van der Waals surface area contributed by atoms with Gasteiger partial charge in [-0.1, -0.05) is 44.6 Å². The smallest absolute Gasteiger partial charge is 0.253 e. The van der Waals surface area contributed by atoms with Crippen LogP contribution in [0.4, 0.5) is 5.82 Å². The molecule has 1 aromatic carbocycles. The zero-order valence-corrected chi connectivity index (χ0v) is 17.2. The molecule has 2 aliphatic rings. The summed E-state index contributed by atoms with van der Waals surface area (Å²) in [4.78, 5) is 9.70. The van der Waals surface area contributed by atoms with Crippen LogP contribution < -0.4 is 5.32 Å². The molecule has 2 saturated carbocycles. The molecule has 5 heteroatoms. The van der Waals surface area contributed by atoms with Gasteiger partial charge < -0.3 is 5.32 Å². The number of benzene rings is 1. The van der Waals surface area contributed by atoms with Gasteiger partial charge >= 0.3 is 0 Å². The third-order valence-electron chi connectivity index (χ3n) is 6.78. The molecular formula is C24H31N5. The number of nitrogens with zero attached hydrogens (tertiary/aromatic N) is 4. The quantitative estimate of drug-likeness (QED) is 0.594. The normalized spacial score (nSPS) is 18.9. The van der Waals surface area contributed by atoms with Gasteiger partial charge in [0, 0.05) is 24.3 Å². The van der Waals surface area contributed by atoms with Crippen LogP contribution in [0.1, 0.15) is 75.7 Å². The summed E-state index contributed by atoms with van der Waals surface area (Å²) in [5.41, 5.74) is 2.45. The molecule has 3 aromatic rings. The Bertz CT molecular complexity index is 937. The highest BCUT2D eigenvalue weighted by atomic mass is 15.3. The number of hydrogen-bond donors (Lipinski definition) is 1. The molecule has 0 bridgehead atoms. The lowest BCUT2D eigenvalue weighted by Crippen LogP contribution is -2.18. The van der Waals surface area contributed by atoms with Crippen LogP contribution in [0.15, 0.2) is 36.7 Å². The average Bonchev–Trinajstić information content (AvgIpc) is 3.33. The zero-order valence-electron chi connectivity index (χ0n) is 17.2. The molecule has 0 atom stereocenters. The summed E-state index contributed by atoms with van der Waals surface area (Å²) in [5, 5.41) is 9.19. The highest BCUT2D eigenvalue weighted by Crippen LogP contribution is 2.35. The second-order valence-corrected chi connectivity index (χ2v) is 8.82. The first kappa shape index (κ1) is 18.6. The molecule has 2 fully saturated rings. The van der Waals surface area contributed by atoms with Crippen molar-refractivity contribution in [2.24, 2.45) is 5.92 Å². The van der Waals surface area contributed by atoms with Crippen molar-refractivity contribution in [3.63, 3.8) is 0 Å². The van der Waals surface area contributed by atoms with Crippen LogP contribution in [-0.4, -0.2) is 26.3 Å². The number of fused-ring (bicyclic) bond motifs is 1. The van der Waals surface area contributed by atoms with Crippen LogP contribution in [0.3, 0.4) is 0 Å². The first-order valence-electron chi connectivity index (χ1n) is 11.4.